The molecule has 2 aromatic heterocycles. The smallest absolute Gasteiger partial charge is 0.224 e. The van der Waals surface area contributed by atoms with E-state index in [-0.39, 0.29) is 17.8 Å². The monoisotopic (exact) mass is 548 g/mol. The van der Waals surface area contributed by atoms with Crippen molar-refractivity contribution < 1.29 is 13.5 Å². The third-order valence-electron chi connectivity index (χ3n) is 7.06. The first kappa shape index (κ1) is 27.7. The maximum absolute atomic E-state index is 12.7. The first-order valence-electron chi connectivity index (χ1n) is 12.7. The SMILES string of the molecule is CN(C)CCCS(=O)(=O)N1CCC(Nc2ncc(-c3nc(C#N)cs3)c(N[C@@H]3CCC[C@@]3(C)O)n2)CC1. The zero-order chi connectivity index (χ0) is 26.6. The molecule has 3 N–H and O–H groups in total. The standard InChI is InChI=1S/C24H36N8O3S2/c1-24(33)9-4-6-20(24)29-21-19(22-27-18(14-25)16-36-22)15-26-23(30-21)28-17-7-11-32(12-8-17)37(34,35)13-5-10-31(2)3/h15-17,20,33H,4-13H2,1-3H3,(H2,26,28,29,30)/t20-,24-/m1/s1. The molecule has 0 amide bonds. The van der Waals surface area contributed by atoms with Gasteiger partial charge in [-0.15, -0.1) is 11.3 Å². The topological polar surface area (TPSA) is 147 Å². The Morgan fingerprint density at radius 1 is 1.27 bits per heavy atom. The van der Waals surface area contributed by atoms with Crippen LogP contribution < -0.4 is 10.6 Å². The summed E-state index contributed by atoms with van der Waals surface area (Å²) in [6.45, 7) is 3.51. The molecule has 2 fully saturated rings. The van der Waals surface area contributed by atoms with Crippen molar-refractivity contribution in [2.75, 3.05) is 50.1 Å². The molecule has 1 aliphatic carbocycles. The molecule has 4 rings (SSSR count). The highest BCUT2D eigenvalue weighted by Crippen LogP contribution is 2.35. The van der Waals surface area contributed by atoms with Crippen LogP contribution in [-0.2, 0) is 10.0 Å². The van der Waals surface area contributed by atoms with E-state index in [1.165, 1.54) is 11.3 Å². The van der Waals surface area contributed by atoms with E-state index in [0.29, 0.717) is 66.8 Å². The van der Waals surface area contributed by atoms with Crippen molar-refractivity contribution in [2.45, 2.75) is 63.1 Å². The lowest BCUT2D eigenvalue weighted by atomic mass is 10.0. The Kier molecular flexibility index (Phi) is 8.65. The summed E-state index contributed by atoms with van der Waals surface area (Å²) in [5.74, 6) is 1.16. The van der Waals surface area contributed by atoms with Gasteiger partial charge >= 0.3 is 0 Å². The molecule has 0 radical (unpaired) electrons. The van der Waals surface area contributed by atoms with Crippen LogP contribution >= 0.6 is 11.3 Å². The first-order valence-corrected chi connectivity index (χ1v) is 15.2. The Bertz CT molecular complexity index is 1220. The van der Waals surface area contributed by atoms with E-state index < -0.39 is 15.6 Å². The summed E-state index contributed by atoms with van der Waals surface area (Å²) in [6, 6.07) is 1.94. The molecule has 1 saturated heterocycles. The van der Waals surface area contributed by atoms with Crippen LogP contribution in [-0.4, -0.2) is 94.8 Å². The molecule has 11 nitrogen and oxygen atoms in total. The van der Waals surface area contributed by atoms with E-state index in [9.17, 15) is 18.8 Å². The molecular weight excluding hydrogens is 512 g/mol. The maximum Gasteiger partial charge on any atom is 0.224 e. The summed E-state index contributed by atoms with van der Waals surface area (Å²) < 4.78 is 27.0. The van der Waals surface area contributed by atoms with Gasteiger partial charge in [-0.25, -0.2) is 22.7 Å². The number of aliphatic hydroxyl groups is 1. The van der Waals surface area contributed by atoms with Crippen LogP contribution in [0.1, 0.15) is 51.1 Å². The fourth-order valence-electron chi connectivity index (χ4n) is 4.86. The van der Waals surface area contributed by atoms with Crippen LogP contribution in [0, 0.1) is 11.3 Å². The Balaban J connectivity index is 1.45. The molecule has 2 aromatic rings. The Labute approximate surface area is 223 Å². The Morgan fingerprint density at radius 2 is 2.03 bits per heavy atom. The van der Waals surface area contributed by atoms with E-state index in [1.54, 1.807) is 15.9 Å². The Hall–Kier alpha value is -2.37. The zero-order valence-corrected chi connectivity index (χ0v) is 23.3. The maximum atomic E-state index is 12.7. The van der Waals surface area contributed by atoms with Gasteiger partial charge in [0.05, 0.1) is 23.0 Å². The molecular formula is C24H36N8O3S2. The second kappa shape index (κ2) is 11.6. The van der Waals surface area contributed by atoms with E-state index in [2.05, 4.69) is 26.7 Å². The van der Waals surface area contributed by atoms with Crippen LogP contribution in [0.4, 0.5) is 11.8 Å². The molecule has 0 spiro atoms. The lowest BCUT2D eigenvalue weighted by Gasteiger charge is -2.32. The quantitative estimate of drug-likeness (QED) is 0.404. The highest BCUT2D eigenvalue weighted by molar-refractivity contribution is 7.89. The van der Waals surface area contributed by atoms with Gasteiger partial charge in [-0.05, 0) is 66.1 Å². The number of nitrogens with one attached hydrogen (secondary N) is 2. The minimum Gasteiger partial charge on any atom is -0.388 e. The summed E-state index contributed by atoms with van der Waals surface area (Å²) in [5, 5.41) is 29.1. The molecule has 0 aromatic carbocycles. The molecule has 0 unspecified atom stereocenters. The van der Waals surface area contributed by atoms with Crippen molar-refractivity contribution in [3.05, 3.63) is 17.3 Å². The number of aromatic nitrogens is 3. The summed E-state index contributed by atoms with van der Waals surface area (Å²) in [6.07, 6.45) is 6.08. The van der Waals surface area contributed by atoms with Gasteiger partial charge in [-0.2, -0.15) is 10.2 Å². The van der Waals surface area contributed by atoms with E-state index >= 15 is 0 Å². The number of sulfonamides is 1. The highest BCUT2D eigenvalue weighted by Gasteiger charge is 2.37. The fraction of sp³-hybridized carbons (Fsp3) is 0.667. The molecule has 13 heteroatoms. The van der Waals surface area contributed by atoms with Crippen molar-refractivity contribution in [2.24, 2.45) is 0 Å². The predicted molar refractivity (Wildman–Crippen MR) is 145 cm³/mol. The van der Waals surface area contributed by atoms with Gasteiger partial charge in [0.2, 0.25) is 16.0 Å². The minimum absolute atomic E-state index is 0.0477. The number of hydrogen-bond acceptors (Lipinski definition) is 11. The van der Waals surface area contributed by atoms with Crippen LogP contribution in [0.5, 0.6) is 0 Å². The van der Waals surface area contributed by atoms with Gasteiger partial charge < -0.3 is 20.6 Å². The normalized spacial score (nSPS) is 23.3. The molecule has 37 heavy (non-hydrogen) atoms. The van der Waals surface area contributed by atoms with Crippen molar-refractivity contribution >= 4 is 33.1 Å². The van der Waals surface area contributed by atoms with Gasteiger partial charge in [0, 0.05) is 30.7 Å². The lowest BCUT2D eigenvalue weighted by molar-refractivity contribution is 0.0577. The second-order valence-corrected chi connectivity index (χ2v) is 13.3. The number of anilines is 2. The highest BCUT2D eigenvalue weighted by atomic mass is 32.2. The third kappa shape index (κ3) is 6.94. The number of nitriles is 1. The van der Waals surface area contributed by atoms with Crippen molar-refractivity contribution in [3.63, 3.8) is 0 Å². The molecule has 2 atom stereocenters. The molecule has 1 saturated carbocycles. The number of piperidine rings is 1. The average Bonchev–Trinajstić information content (AvgIpc) is 3.45. The van der Waals surface area contributed by atoms with E-state index in [0.717, 1.165) is 19.4 Å². The van der Waals surface area contributed by atoms with Crippen molar-refractivity contribution in [1.29, 1.82) is 5.26 Å². The van der Waals surface area contributed by atoms with Crippen LogP contribution in [0.3, 0.4) is 0 Å². The van der Waals surface area contributed by atoms with Gasteiger partial charge in [0.15, 0.2) is 5.69 Å². The van der Waals surface area contributed by atoms with Crippen LogP contribution in [0.2, 0.25) is 0 Å². The van der Waals surface area contributed by atoms with Gasteiger partial charge in [0.25, 0.3) is 0 Å². The molecule has 3 heterocycles. The number of hydrogen-bond donors (Lipinski definition) is 3. The van der Waals surface area contributed by atoms with Gasteiger partial charge in [-0.1, -0.05) is 0 Å². The van der Waals surface area contributed by atoms with Gasteiger partial charge in [-0.3, -0.25) is 0 Å². The zero-order valence-electron chi connectivity index (χ0n) is 21.6. The van der Waals surface area contributed by atoms with Crippen LogP contribution in [0.15, 0.2) is 11.6 Å². The minimum atomic E-state index is -3.26. The molecule has 2 aliphatic rings. The number of rotatable bonds is 10. The number of thiazole rings is 1. The summed E-state index contributed by atoms with van der Waals surface area (Å²) >= 11 is 1.35. The van der Waals surface area contributed by atoms with E-state index in [1.807, 2.05) is 25.9 Å². The predicted octanol–water partition coefficient (Wildman–Crippen LogP) is 2.34. The molecule has 202 valence electrons. The van der Waals surface area contributed by atoms with Crippen LogP contribution in [0.25, 0.3) is 10.6 Å². The Morgan fingerprint density at radius 3 is 2.65 bits per heavy atom. The lowest BCUT2D eigenvalue weighted by Crippen LogP contribution is -2.43. The van der Waals surface area contributed by atoms with Gasteiger partial charge in [0.1, 0.15) is 16.9 Å². The summed E-state index contributed by atoms with van der Waals surface area (Å²) in [7, 11) is 0.623. The summed E-state index contributed by atoms with van der Waals surface area (Å²) in [5.41, 5.74) is 0.171. The fourth-order valence-corrected chi connectivity index (χ4v) is 7.14. The first-order chi connectivity index (χ1) is 17.6. The number of nitrogens with zero attached hydrogens (tertiary/aromatic N) is 6. The van der Waals surface area contributed by atoms with Crippen molar-refractivity contribution in [1.82, 2.24) is 24.2 Å². The average molecular weight is 549 g/mol. The third-order valence-corrected chi connectivity index (χ3v) is 9.90. The molecule has 0 bridgehead atoms. The second-order valence-electron chi connectivity index (χ2n) is 10.3. The van der Waals surface area contributed by atoms with E-state index in [4.69, 9.17) is 4.98 Å². The van der Waals surface area contributed by atoms with Crippen molar-refractivity contribution in [3.8, 4) is 16.6 Å². The largest absolute Gasteiger partial charge is 0.388 e. The summed E-state index contributed by atoms with van der Waals surface area (Å²) in [4.78, 5) is 15.6. The molecule has 1 aliphatic heterocycles.